The molecule has 4 N–H and O–H groups in total. The molecule has 0 aliphatic rings. The summed E-state index contributed by atoms with van der Waals surface area (Å²) in [5, 5.41) is 22.4. The van der Waals surface area contributed by atoms with Gasteiger partial charge in [0.25, 0.3) is 23.4 Å². The van der Waals surface area contributed by atoms with Crippen molar-refractivity contribution in [1.29, 1.82) is 0 Å². The highest BCUT2D eigenvalue weighted by Crippen LogP contribution is 2.19. The molecule has 4 aromatic rings. The molecule has 0 spiro atoms. The molecule has 0 fully saturated rings. The van der Waals surface area contributed by atoms with E-state index in [4.69, 9.17) is 0 Å². The Labute approximate surface area is 260 Å². The lowest BCUT2D eigenvalue weighted by Crippen LogP contribution is -2.28. The van der Waals surface area contributed by atoms with Crippen LogP contribution in [0.1, 0.15) is 43.3 Å². The standard InChI is InChI=1S/C32H36N8O5/c1-37(2)17-5-15-34-31(42)28-18-26(21-38(28)3)36-32(43)29-19-25(20-39(29)4)35-30(41)23-8-10-24(11-9-23)33-16-14-22-6-12-27(13-7-22)40(44)45/h6-14,16,18-21,33H,5,15,17H2,1-4H3,(H,34,42)(H,35,41)(H,36,43)/b16-14+. The number of aromatic nitrogens is 2. The largest absolute Gasteiger partial charge is 0.362 e. The second kappa shape index (κ2) is 14.7. The maximum atomic E-state index is 13.0. The number of hydrogen-bond donors (Lipinski definition) is 4. The van der Waals surface area contributed by atoms with Crippen molar-refractivity contribution < 1.29 is 19.3 Å². The molecule has 2 aromatic carbocycles. The zero-order valence-electron chi connectivity index (χ0n) is 25.5. The molecule has 4 rings (SSSR count). The molecular formula is C32H36N8O5. The average Bonchev–Trinajstić information content (AvgIpc) is 3.56. The van der Waals surface area contributed by atoms with E-state index in [0.717, 1.165) is 24.2 Å². The van der Waals surface area contributed by atoms with Crippen LogP contribution in [0.3, 0.4) is 0 Å². The van der Waals surface area contributed by atoms with Gasteiger partial charge in [-0.05, 0) is 87.2 Å². The number of nitrogens with zero attached hydrogens (tertiary/aromatic N) is 4. The molecule has 2 aromatic heterocycles. The Morgan fingerprint density at radius 1 is 0.822 bits per heavy atom. The lowest BCUT2D eigenvalue weighted by Gasteiger charge is -2.10. The van der Waals surface area contributed by atoms with E-state index in [2.05, 4.69) is 21.3 Å². The van der Waals surface area contributed by atoms with E-state index in [9.17, 15) is 24.5 Å². The van der Waals surface area contributed by atoms with E-state index in [0.29, 0.717) is 34.9 Å². The van der Waals surface area contributed by atoms with Crippen LogP contribution in [0, 0.1) is 10.1 Å². The summed E-state index contributed by atoms with van der Waals surface area (Å²) < 4.78 is 3.26. The summed E-state index contributed by atoms with van der Waals surface area (Å²) in [7, 11) is 7.39. The van der Waals surface area contributed by atoms with Crippen molar-refractivity contribution in [3.8, 4) is 0 Å². The fourth-order valence-corrected chi connectivity index (χ4v) is 4.46. The van der Waals surface area contributed by atoms with Crippen LogP contribution in [-0.4, -0.2) is 63.9 Å². The minimum Gasteiger partial charge on any atom is -0.362 e. The third kappa shape index (κ3) is 8.91. The van der Waals surface area contributed by atoms with Crippen LogP contribution >= 0.6 is 0 Å². The van der Waals surface area contributed by atoms with Crippen molar-refractivity contribution in [2.75, 3.05) is 43.1 Å². The number of hydrogen-bond acceptors (Lipinski definition) is 7. The molecule has 2 heterocycles. The zero-order valence-corrected chi connectivity index (χ0v) is 25.5. The molecule has 0 radical (unpaired) electrons. The topological polar surface area (TPSA) is 156 Å². The molecule has 13 nitrogen and oxygen atoms in total. The predicted octanol–water partition coefficient (Wildman–Crippen LogP) is 4.54. The number of rotatable bonds is 13. The Balaban J connectivity index is 1.30. The van der Waals surface area contributed by atoms with Gasteiger partial charge >= 0.3 is 0 Å². The van der Waals surface area contributed by atoms with Crippen LogP contribution in [0.5, 0.6) is 0 Å². The van der Waals surface area contributed by atoms with Crippen molar-refractivity contribution >= 4 is 46.5 Å². The van der Waals surface area contributed by atoms with Crippen molar-refractivity contribution in [2.24, 2.45) is 14.1 Å². The van der Waals surface area contributed by atoms with Crippen molar-refractivity contribution in [3.05, 3.63) is 112 Å². The molecule has 3 amide bonds. The molecule has 45 heavy (non-hydrogen) atoms. The highest BCUT2D eigenvalue weighted by Gasteiger charge is 2.17. The van der Waals surface area contributed by atoms with Gasteiger partial charge in [-0.3, -0.25) is 24.5 Å². The first-order valence-corrected chi connectivity index (χ1v) is 14.2. The van der Waals surface area contributed by atoms with Crippen LogP contribution in [0.25, 0.3) is 6.08 Å². The van der Waals surface area contributed by atoms with Gasteiger partial charge in [-0.1, -0.05) is 0 Å². The van der Waals surface area contributed by atoms with E-state index >= 15 is 0 Å². The maximum absolute atomic E-state index is 13.0. The third-order valence-electron chi connectivity index (χ3n) is 6.84. The van der Waals surface area contributed by atoms with Crippen molar-refractivity contribution in [2.45, 2.75) is 6.42 Å². The number of non-ortho nitro benzene ring substituents is 1. The Hall–Kier alpha value is -5.69. The van der Waals surface area contributed by atoms with Crippen LogP contribution in [-0.2, 0) is 14.1 Å². The number of nitro groups is 1. The van der Waals surface area contributed by atoms with Gasteiger partial charge in [0.2, 0.25) is 0 Å². The Morgan fingerprint density at radius 2 is 1.40 bits per heavy atom. The fourth-order valence-electron chi connectivity index (χ4n) is 4.46. The van der Waals surface area contributed by atoms with Gasteiger partial charge < -0.3 is 35.3 Å². The first-order valence-electron chi connectivity index (χ1n) is 14.2. The number of anilines is 3. The summed E-state index contributed by atoms with van der Waals surface area (Å²) in [6.07, 6.45) is 7.61. The lowest BCUT2D eigenvalue weighted by molar-refractivity contribution is -0.384. The van der Waals surface area contributed by atoms with E-state index in [1.807, 2.05) is 19.0 Å². The van der Waals surface area contributed by atoms with Crippen LogP contribution < -0.4 is 21.3 Å². The smallest absolute Gasteiger partial charge is 0.272 e. The minimum atomic E-state index is -0.448. The van der Waals surface area contributed by atoms with Crippen LogP contribution in [0.15, 0.2) is 79.3 Å². The number of nitrogens with one attached hydrogen (secondary N) is 4. The molecule has 0 aliphatic heterocycles. The summed E-state index contributed by atoms with van der Waals surface area (Å²) in [6.45, 7) is 1.41. The van der Waals surface area contributed by atoms with E-state index in [1.165, 1.54) is 12.1 Å². The fraction of sp³-hybridized carbons (Fsp3) is 0.219. The van der Waals surface area contributed by atoms with Gasteiger partial charge in [0.1, 0.15) is 11.4 Å². The van der Waals surface area contributed by atoms with Gasteiger partial charge in [0, 0.05) is 62.6 Å². The molecule has 0 saturated carbocycles. The molecule has 0 atom stereocenters. The second-order valence-corrected chi connectivity index (χ2v) is 10.7. The quantitative estimate of drug-likeness (QED) is 0.0981. The lowest BCUT2D eigenvalue weighted by atomic mass is 10.2. The maximum Gasteiger partial charge on any atom is 0.272 e. The normalized spacial score (nSPS) is 11.0. The summed E-state index contributed by atoms with van der Waals surface area (Å²) in [5.41, 5.74) is 3.66. The van der Waals surface area contributed by atoms with E-state index < -0.39 is 10.8 Å². The number of carbonyl (C=O) groups excluding carboxylic acids is 3. The highest BCUT2D eigenvalue weighted by atomic mass is 16.6. The predicted molar refractivity (Wildman–Crippen MR) is 174 cm³/mol. The van der Waals surface area contributed by atoms with Crippen molar-refractivity contribution in [3.63, 3.8) is 0 Å². The first kappa shape index (κ1) is 32.2. The zero-order chi connectivity index (χ0) is 32.5. The number of carbonyl (C=O) groups is 3. The van der Waals surface area contributed by atoms with Crippen LogP contribution in [0.2, 0.25) is 0 Å². The van der Waals surface area contributed by atoms with Gasteiger partial charge in [-0.25, -0.2) is 0 Å². The first-order chi connectivity index (χ1) is 21.5. The van der Waals surface area contributed by atoms with Gasteiger partial charge in [0.15, 0.2) is 0 Å². The minimum absolute atomic E-state index is 0.0267. The van der Waals surface area contributed by atoms with Gasteiger partial charge in [0.05, 0.1) is 16.3 Å². The Bertz CT molecular complexity index is 1700. The summed E-state index contributed by atoms with van der Waals surface area (Å²) in [6, 6.07) is 16.2. The molecule has 0 unspecified atom stereocenters. The monoisotopic (exact) mass is 612 g/mol. The number of aryl methyl sites for hydroxylation is 2. The second-order valence-electron chi connectivity index (χ2n) is 10.7. The van der Waals surface area contributed by atoms with Crippen LogP contribution in [0.4, 0.5) is 22.7 Å². The molecule has 0 aliphatic carbocycles. The molecule has 13 heteroatoms. The number of amides is 3. The summed E-state index contributed by atoms with van der Waals surface area (Å²) in [4.78, 5) is 50.9. The Kier molecular flexibility index (Phi) is 10.5. The summed E-state index contributed by atoms with van der Waals surface area (Å²) >= 11 is 0. The number of nitro benzene ring substituents is 1. The molecule has 0 bridgehead atoms. The summed E-state index contributed by atoms with van der Waals surface area (Å²) in [5.74, 6) is -0.952. The van der Waals surface area contributed by atoms with Gasteiger partial charge in [-0.15, -0.1) is 0 Å². The molecule has 0 saturated heterocycles. The Morgan fingerprint density at radius 3 is 1.98 bits per heavy atom. The van der Waals surface area contributed by atoms with E-state index in [-0.39, 0.29) is 17.5 Å². The van der Waals surface area contributed by atoms with E-state index in [1.54, 1.807) is 96.4 Å². The van der Waals surface area contributed by atoms with Crippen molar-refractivity contribution in [1.82, 2.24) is 19.4 Å². The number of benzene rings is 2. The SMILES string of the molecule is CN(C)CCCNC(=O)c1cc(NC(=O)c2cc(NC(=O)c3ccc(N/C=C/c4ccc([N+](=O)[O-])cc4)cc3)cn2C)cn1C. The average molecular weight is 613 g/mol. The highest BCUT2D eigenvalue weighted by molar-refractivity contribution is 6.07. The third-order valence-corrected chi connectivity index (χ3v) is 6.84. The van der Waals surface area contributed by atoms with Gasteiger partial charge in [-0.2, -0.15) is 0 Å². The molecule has 234 valence electrons. The molecular weight excluding hydrogens is 576 g/mol.